The van der Waals surface area contributed by atoms with Crippen molar-refractivity contribution in [3.63, 3.8) is 0 Å². The van der Waals surface area contributed by atoms with Gasteiger partial charge >= 0.3 is 0 Å². The van der Waals surface area contributed by atoms with E-state index >= 15 is 0 Å². The number of amides is 2. The molecule has 2 atom stereocenters. The molecule has 0 aromatic carbocycles. The molecule has 2 unspecified atom stereocenters. The molecule has 6 heteroatoms. The van der Waals surface area contributed by atoms with Crippen molar-refractivity contribution in [1.29, 1.82) is 10.5 Å². The van der Waals surface area contributed by atoms with Crippen molar-refractivity contribution in [2.24, 2.45) is 11.8 Å². The molecule has 0 saturated carbocycles. The molecule has 3 rings (SSSR count). The first-order chi connectivity index (χ1) is 9.65. The van der Waals surface area contributed by atoms with Crippen molar-refractivity contribution in [3.05, 3.63) is 21.9 Å². The summed E-state index contributed by atoms with van der Waals surface area (Å²) in [5, 5.41) is 22.9. The van der Waals surface area contributed by atoms with E-state index in [0.717, 1.165) is 23.3 Å². The SMILES string of the molecule is N#CC1C(=O)NC(=O)C(C#N)C12CCCc1sccc12. The lowest BCUT2D eigenvalue weighted by Gasteiger charge is -2.45. The van der Waals surface area contributed by atoms with Gasteiger partial charge in [0.15, 0.2) is 0 Å². The van der Waals surface area contributed by atoms with Gasteiger partial charge in [-0.2, -0.15) is 10.5 Å². The third-order valence-electron chi connectivity index (χ3n) is 4.30. The van der Waals surface area contributed by atoms with Crippen molar-refractivity contribution in [3.8, 4) is 12.1 Å². The van der Waals surface area contributed by atoms with Crippen LogP contribution in [-0.4, -0.2) is 11.8 Å². The lowest BCUT2D eigenvalue weighted by atomic mass is 9.56. The second-order valence-electron chi connectivity index (χ2n) is 5.13. The third kappa shape index (κ3) is 1.46. The third-order valence-corrected chi connectivity index (χ3v) is 5.28. The average Bonchev–Trinajstić information content (AvgIpc) is 2.89. The Balaban J connectivity index is 2.27. The maximum atomic E-state index is 12.0. The molecular weight excluding hydrogens is 274 g/mol. The highest BCUT2D eigenvalue weighted by Crippen LogP contribution is 2.51. The number of thiophene rings is 1. The standard InChI is InChI=1S/C14H11N3O2S/c15-6-9-12(18)17-13(19)10(7-16)14(9)4-1-2-11-8(14)3-5-20-11/h3,5,9-10H,1-2,4H2,(H,17,18,19). The summed E-state index contributed by atoms with van der Waals surface area (Å²) in [6, 6.07) is 5.90. The summed E-state index contributed by atoms with van der Waals surface area (Å²) < 4.78 is 0. The van der Waals surface area contributed by atoms with Crippen LogP contribution in [0.5, 0.6) is 0 Å². The van der Waals surface area contributed by atoms with Crippen LogP contribution >= 0.6 is 11.3 Å². The first kappa shape index (κ1) is 12.8. The first-order valence-electron chi connectivity index (χ1n) is 6.36. The fourth-order valence-corrected chi connectivity index (χ4v) is 4.49. The molecule has 1 aliphatic heterocycles. The van der Waals surface area contributed by atoms with Gasteiger partial charge in [-0.1, -0.05) is 0 Å². The van der Waals surface area contributed by atoms with Gasteiger partial charge in [0.2, 0.25) is 11.8 Å². The smallest absolute Gasteiger partial charge is 0.244 e. The van der Waals surface area contributed by atoms with E-state index in [1.807, 2.05) is 23.6 Å². The summed E-state index contributed by atoms with van der Waals surface area (Å²) >= 11 is 1.56. The number of aryl methyl sites for hydroxylation is 1. The lowest BCUT2D eigenvalue weighted by Crippen LogP contribution is -2.60. The molecule has 1 aliphatic carbocycles. The highest BCUT2D eigenvalue weighted by atomic mass is 32.1. The zero-order chi connectivity index (χ0) is 14.3. The Bertz CT molecular complexity index is 647. The van der Waals surface area contributed by atoms with Gasteiger partial charge in [0.1, 0.15) is 11.8 Å². The summed E-state index contributed by atoms with van der Waals surface area (Å²) in [6.45, 7) is 0. The molecule has 2 aliphatic rings. The number of piperidine rings is 1. The number of hydrogen-bond donors (Lipinski definition) is 1. The van der Waals surface area contributed by atoms with E-state index in [1.54, 1.807) is 11.3 Å². The number of nitriles is 2. The van der Waals surface area contributed by atoms with E-state index in [2.05, 4.69) is 5.32 Å². The second kappa shape index (κ2) is 4.43. The van der Waals surface area contributed by atoms with E-state index in [-0.39, 0.29) is 0 Å². The predicted molar refractivity (Wildman–Crippen MR) is 70.3 cm³/mol. The Kier molecular flexibility index (Phi) is 2.84. The van der Waals surface area contributed by atoms with Crippen LogP contribution < -0.4 is 5.32 Å². The topological polar surface area (TPSA) is 93.8 Å². The predicted octanol–water partition coefficient (Wildman–Crippen LogP) is 1.26. The summed E-state index contributed by atoms with van der Waals surface area (Å²) in [7, 11) is 0. The number of carbonyl (C=O) groups is 2. The molecule has 1 saturated heterocycles. The van der Waals surface area contributed by atoms with Gasteiger partial charge in [0.05, 0.1) is 12.1 Å². The van der Waals surface area contributed by atoms with Gasteiger partial charge in [0.25, 0.3) is 0 Å². The molecule has 20 heavy (non-hydrogen) atoms. The number of nitrogens with zero attached hydrogens (tertiary/aromatic N) is 2. The zero-order valence-electron chi connectivity index (χ0n) is 10.5. The molecule has 0 bridgehead atoms. The number of carbonyl (C=O) groups excluding carboxylic acids is 2. The van der Waals surface area contributed by atoms with Crippen LogP contribution in [0, 0.1) is 34.5 Å². The number of fused-ring (bicyclic) bond motifs is 2. The number of nitrogens with one attached hydrogen (secondary N) is 1. The zero-order valence-corrected chi connectivity index (χ0v) is 11.4. The maximum Gasteiger partial charge on any atom is 0.244 e. The molecular formula is C14H11N3O2S. The van der Waals surface area contributed by atoms with Gasteiger partial charge in [-0.15, -0.1) is 11.3 Å². The Morgan fingerprint density at radius 2 is 1.90 bits per heavy atom. The average molecular weight is 285 g/mol. The van der Waals surface area contributed by atoms with Crippen LogP contribution in [-0.2, 0) is 21.4 Å². The summed E-state index contributed by atoms with van der Waals surface area (Å²) in [6.07, 6.45) is 2.18. The largest absolute Gasteiger partial charge is 0.294 e. The van der Waals surface area contributed by atoms with Crippen LogP contribution in [0.2, 0.25) is 0 Å². The molecule has 0 radical (unpaired) electrons. The van der Waals surface area contributed by atoms with Gasteiger partial charge in [-0.3, -0.25) is 14.9 Å². The minimum absolute atomic E-state index is 0.520. The molecule has 1 spiro atoms. The van der Waals surface area contributed by atoms with Crippen molar-refractivity contribution in [1.82, 2.24) is 5.32 Å². The van der Waals surface area contributed by atoms with E-state index in [4.69, 9.17) is 0 Å². The number of imide groups is 1. The van der Waals surface area contributed by atoms with Crippen LogP contribution in [0.4, 0.5) is 0 Å². The van der Waals surface area contributed by atoms with E-state index in [9.17, 15) is 20.1 Å². The Labute approximate surface area is 119 Å². The number of hydrogen-bond acceptors (Lipinski definition) is 5. The maximum absolute atomic E-state index is 12.0. The Morgan fingerprint density at radius 3 is 2.50 bits per heavy atom. The highest BCUT2D eigenvalue weighted by molar-refractivity contribution is 7.10. The normalized spacial score (nSPS) is 32.1. The van der Waals surface area contributed by atoms with E-state index in [0.29, 0.717) is 6.42 Å². The van der Waals surface area contributed by atoms with Crippen LogP contribution in [0.1, 0.15) is 23.3 Å². The van der Waals surface area contributed by atoms with Crippen molar-refractivity contribution >= 4 is 23.2 Å². The Morgan fingerprint density at radius 1 is 1.25 bits per heavy atom. The molecule has 1 N–H and O–H groups in total. The quantitative estimate of drug-likeness (QED) is 0.726. The Hall–Kier alpha value is -2.18. The molecule has 5 nitrogen and oxygen atoms in total. The van der Waals surface area contributed by atoms with Crippen LogP contribution in [0.3, 0.4) is 0 Å². The fourth-order valence-electron chi connectivity index (χ4n) is 3.47. The minimum atomic E-state index is -0.988. The monoisotopic (exact) mass is 285 g/mol. The van der Waals surface area contributed by atoms with Gasteiger partial charge in [0, 0.05) is 10.3 Å². The highest BCUT2D eigenvalue weighted by Gasteiger charge is 2.58. The summed E-state index contributed by atoms with van der Waals surface area (Å²) in [5.41, 5.74) is -0.133. The van der Waals surface area contributed by atoms with Crippen LogP contribution in [0.25, 0.3) is 0 Å². The van der Waals surface area contributed by atoms with Crippen LogP contribution in [0.15, 0.2) is 11.4 Å². The lowest BCUT2D eigenvalue weighted by molar-refractivity contribution is -0.141. The second-order valence-corrected chi connectivity index (χ2v) is 6.13. The van der Waals surface area contributed by atoms with Crippen molar-refractivity contribution in [2.75, 3.05) is 0 Å². The van der Waals surface area contributed by atoms with Gasteiger partial charge in [-0.05, 0) is 36.3 Å². The number of rotatable bonds is 0. The van der Waals surface area contributed by atoms with Gasteiger partial charge in [-0.25, -0.2) is 0 Å². The van der Waals surface area contributed by atoms with E-state index < -0.39 is 29.1 Å². The summed E-state index contributed by atoms with van der Waals surface area (Å²) in [4.78, 5) is 25.2. The van der Waals surface area contributed by atoms with Crippen molar-refractivity contribution < 1.29 is 9.59 Å². The summed E-state index contributed by atoms with van der Waals surface area (Å²) in [5.74, 6) is -3.14. The minimum Gasteiger partial charge on any atom is -0.294 e. The fraction of sp³-hybridized carbons (Fsp3) is 0.429. The van der Waals surface area contributed by atoms with E-state index in [1.165, 1.54) is 0 Å². The molecule has 1 aromatic rings. The molecule has 100 valence electrons. The first-order valence-corrected chi connectivity index (χ1v) is 7.24. The molecule has 1 aromatic heterocycles. The molecule has 2 amide bonds. The van der Waals surface area contributed by atoms with Crippen molar-refractivity contribution in [2.45, 2.75) is 24.7 Å². The van der Waals surface area contributed by atoms with Gasteiger partial charge < -0.3 is 0 Å². The molecule has 2 heterocycles. The molecule has 1 fully saturated rings.